The zero-order chi connectivity index (χ0) is 15.3. The van der Waals surface area contributed by atoms with Crippen LogP contribution in [0.15, 0.2) is 21.5 Å². The Morgan fingerprint density at radius 3 is 2.60 bits per heavy atom. The molecule has 0 heterocycles. The fourth-order valence-corrected chi connectivity index (χ4v) is 3.79. The van der Waals surface area contributed by atoms with Gasteiger partial charge in [-0.05, 0) is 25.6 Å². The molecule has 0 aliphatic rings. The molecular formula is C13H20BrFN2O2S. The van der Waals surface area contributed by atoms with Crippen LogP contribution in [0.3, 0.4) is 0 Å². The largest absolute Gasteiger partial charge is 0.316 e. The first-order valence-electron chi connectivity index (χ1n) is 6.43. The van der Waals surface area contributed by atoms with Gasteiger partial charge in [-0.25, -0.2) is 17.1 Å². The maximum absolute atomic E-state index is 14.4. The highest BCUT2D eigenvalue weighted by Gasteiger charge is 2.26. The third kappa shape index (κ3) is 4.00. The quantitative estimate of drug-likeness (QED) is 0.806. The molecule has 4 nitrogen and oxygen atoms in total. The highest BCUT2D eigenvalue weighted by molar-refractivity contribution is 9.10. The number of benzene rings is 1. The van der Waals surface area contributed by atoms with Crippen molar-refractivity contribution in [3.8, 4) is 0 Å². The van der Waals surface area contributed by atoms with E-state index >= 15 is 0 Å². The normalized spacial score (nSPS) is 12.1. The van der Waals surface area contributed by atoms with Crippen LogP contribution in [-0.2, 0) is 16.6 Å². The van der Waals surface area contributed by atoms with Gasteiger partial charge in [0.25, 0.3) is 0 Å². The molecule has 0 amide bonds. The molecule has 1 aromatic carbocycles. The first-order valence-corrected chi connectivity index (χ1v) is 8.66. The second kappa shape index (κ2) is 7.49. The van der Waals surface area contributed by atoms with Crippen LogP contribution >= 0.6 is 15.9 Å². The van der Waals surface area contributed by atoms with Crippen molar-refractivity contribution in [3.63, 3.8) is 0 Å². The number of nitrogens with zero attached hydrogens (tertiary/aromatic N) is 1. The van der Waals surface area contributed by atoms with Gasteiger partial charge >= 0.3 is 0 Å². The summed E-state index contributed by atoms with van der Waals surface area (Å²) in [5.41, 5.74) is 0.323. The van der Waals surface area contributed by atoms with Crippen LogP contribution in [0.2, 0.25) is 0 Å². The van der Waals surface area contributed by atoms with Crippen molar-refractivity contribution < 1.29 is 12.8 Å². The number of halogens is 2. The van der Waals surface area contributed by atoms with Gasteiger partial charge in [0.2, 0.25) is 10.0 Å². The van der Waals surface area contributed by atoms with Crippen molar-refractivity contribution in [3.05, 3.63) is 28.0 Å². The van der Waals surface area contributed by atoms with E-state index in [1.54, 1.807) is 13.1 Å². The molecule has 114 valence electrons. The Balaban J connectivity index is 3.24. The Kier molecular flexibility index (Phi) is 6.57. The first kappa shape index (κ1) is 17.6. The Bertz CT molecular complexity index is 564. The Morgan fingerprint density at radius 1 is 1.40 bits per heavy atom. The number of sulfonamides is 1. The van der Waals surface area contributed by atoms with Crippen LogP contribution in [0.1, 0.15) is 25.3 Å². The molecule has 0 aromatic heterocycles. The number of nitrogens with one attached hydrogen (secondary N) is 1. The van der Waals surface area contributed by atoms with Crippen molar-refractivity contribution in [1.29, 1.82) is 0 Å². The van der Waals surface area contributed by atoms with Crippen LogP contribution in [0.25, 0.3) is 0 Å². The number of hydrogen-bond acceptors (Lipinski definition) is 3. The van der Waals surface area contributed by atoms with E-state index < -0.39 is 15.8 Å². The lowest BCUT2D eigenvalue weighted by Gasteiger charge is -2.18. The van der Waals surface area contributed by atoms with Crippen LogP contribution < -0.4 is 5.32 Å². The van der Waals surface area contributed by atoms with Gasteiger partial charge in [0.1, 0.15) is 10.7 Å². The van der Waals surface area contributed by atoms with E-state index in [2.05, 4.69) is 21.2 Å². The highest BCUT2D eigenvalue weighted by atomic mass is 79.9. The van der Waals surface area contributed by atoms with E-state index in [1.165, 1.54) is 17.4 Å². The Hall–Kier alpha value is -0.500. The predicted octanol–water partition coefficient (Wildman–Crippen LogP) is 2.73. The van der Waals surface area contributed by atoms with Crippen LogP contribution in [0, 0.1) is 5.82 Å². The monoisotopic (exact) mass is 366 g/mol. The molecule has 0 radical (unpaired) electrons. The minimum absolute atomic E-state index is 0.270. The molecule has 0 saturated carbocycles. The van der Waals surface area contributed by atoms with E-state index in [0.29, 0.717) is 16.6 Å². The molecule has 0 bridgehead atoms. The van der Waals surface area contributed by atoms with Crippen molar-refractivity contribution in [2.75, 3.05) is 20.6 Å². The Morgan fingerprint density at radius 2 is 2.05 bits per heavy atom. The van der Waals surface area contributed by atoms with Gasteiger partial charge in [0, 0.05) is 30.2 Å². The van der Waals surface area contributed by atoms with Gasteiger partial charge in [0.15, 0.2) is 0 Å². The summed E-state index contributed by atoms with van der Waals surface area (Å²) in [4.78, 5) is -0.282. The lowest BCUT2D eigenvalue weighted by atomic mass is 10.2. The molecule has 0 atom stereocenters. The summed E-state index contributed by atoms with van der Waals surface area (Å²) >= 11 is 3.23. The molecule has 1 rings (SSSR count). The van der Waals surface area contributed by atoms with Crippen LogP contribution in [-0.4, -0.2) is 33.4 Å². The van der Waals surface area contributed by atoms with E-state index in [-0.39, 0.29) is 11.4 Å². The fraction of sp³-hybridized carbons (Fsp3) is 0.538. The van der Waals surface area contributed by atoms with Crippen molar-refractivity contribution in [2.45, 2.75) is 31.2 Å². The van der Waals surface area contributed by atoms with Crippen LogP contribution in [0.4, 0.5) is 4.39 Å². The zero-order valence-corrected chi connectivity index (χ0v) is 14.3. The predicted molar refractivity (Wildman–Crippen MR) is 81.6 cm³/mol. The molecule has 1 aromatic rings. The minimum Gasteiger partial charge on any atom is -0.316 e. The molecule has 0 saturated heterocycles. The third-order valence-corrected chi connectivity index (χ3v) is 5.28. The molecular weight excluding hydrogens is 347 g/mol. The molecule has 7 heteroatoms. The summed E-state index contributed by atoms with van der Waals surface area (Å²) in [6.07, 6.45) is 1.63. The van der Waals surface area contributed by atoms with Crippen molar-refractivity contribution >= 4 is 26.0 Å². The maximum Gasteiger partial charge on any atom is 0.245 e. The summed E-state index contributed by atoms with van der Waals surface area (Å²) < 4.78 is 40.9. The fourth-order valence-electron chi connectivity index (χ4n) is 1.79. The van der Waals surface area contributed by atoms with Crippen molar-refractivity contribution in [1.82, 2.24) is 9.62 Å². The summed E-state index contributed by atoms with van der Waals surface area (Å²) in [6.45, 7) is 2.63. The van der Waals surface area contributed by atoms with Crippen molar-refractivity contribution in [2.24, 2.45) is 0 Å². The average molecular weight is 367 g/mol. The lowest BCUT2D eigenvalue weighted by molar-refractivity contribution is 0.452. The smallest absolute Gasteiger partial charge is 0.245 e. The molecule has 0 unspecified atom stereocenters. The molecule has 0 fully saturated rings. The summed E-state index contributed by atoms with van der Waals surface area (Å²) in [6, 6.07) is 2.89. The SMILES string of the molecule is CCCCN(C)S(=O)(=O)c1cc(Br)cc(CNC)c1F. The summed E-state index contributed by atoms with van der Waals surface area (Å²) in [5.74, 6) is -0.689. The second-order valence-corrected chi connectivity index (χ2v) is 7.52. The topological polar surface area (TPSA) is 49.4 Å². The van der Waals surface area contributed by atoms with Gasteiger partial charge < -0.3 is 5.32 Å². The summed E-state index contributed by atoms with van der Waals surface area (Å²) in [5, 5.41) is 2.82. The van der Waals surface area contributed by atoms with Gasteiger partial charge in [-0.15, -0.1) is 0 Å². The number of hydrogen-bond donors (Lipinski definition) is 1. The third-order valence-electron chi connectivity index (χ3n) is 2.96. The number of rotatable bonds is 7. The molecule has 0 spiro atoms. The lowest BCUT2D eigenvalue weighted by Crippen LogP contribution is -2.29. The average Bonchev–Trinajstić information content (AvgIpc) is 2.39. The first-order chi connectivity index (χ1) is 9.34. The molecule has 0 aliphatic carbocycles. The van der Waals surface area contributed by atoms with Crippen LogP contribution in [0.5, 0.6) is 0 Å². The van der Waals surface area contributed by atoms with E-state index in [4.69, 9.17) is 0 Å². The summed E-state index contributed by atoms with van der Waals surface area (Å²) in [7, 11) is -0.647. The van der Waals surface area contributed by atoms with Gasteiger partial charge in [-0.1, -0.05) is 29.3 Å². The standard InChI is InChI=1S/C13H20BrFN2O2S/c1-4-5-6-17(3)20(18,19)12-8-11(14)7-10(9-16-2)13(12)15/h7-8,16H,4-6,9H2,1-3H3. The number of unbranched alkanes of at least 4 members (excludes halogenated alkanes) is 1. The second-order valence-electron chi connectivity index (χ2n) is 4.59. The molecule has 20 heavy (non-hydrogen) atoms. The van der Waals surface area contributed by atoms with Gasteiger partial charge in [-0.2, -0.15) is 0 Å². The van der Waals surface area contributed by atoms with Gasteiger partial charge in [-0.3, -0.25) is 0 Å². The highest BCUT2D eigenvalue weighted by Crippen LogP contribution is 2.26. The minimum atomic E-state index is -3.80. The van der Waals surface area contributed by atoms with E-state index in [0.717, 1.165) is 12.8 Å². The van der Waals surface area contributed by atoms with Gasteiger partial charge in [0.05, 0.1) is 0 Å². The van der Waals surface area contributed by atoms with E-state index in [9.17, 15) is 12.8 Å². The molecule has 0 aliphatic heterocycles. The molecule has 1 N–H and O–H groups in total. The van der Waals surface area contributed by atoms with E-state index in [1.807, 2.05) is 6.92 Å². The Labute approximate surface area is 128 Å². The maximum atomic E-state index is 14.4. The zero-order valence-electron chi connectivity index (χ0n) is 11.9.